The summed E-state index contributed by atoms with van der Waals surface area (Å²) in [4.78, 5) is 0. The van der Waals surface area contributed by atoms with Crippen LogP contribution in [0.1, 0.15) is 16.8 Å². The van der Waals surface area contributed by atoms with E-state index in [2.05, 4.69) is 10.4 Å². The molecule has 2 aromatic rings. The van der Waals surface area contributed by atoms with Crippen LogP contribution in [-0.2, 0) is 17.9 Å². The number of ether oxygens (including phenoxy) is 1. The number of hydrogen-bond donors (Lipinski definition) is 1. The van der Waals surface area contributed by atoms with E-state index in [0.29, 0.717) is 28.8 Å². The molecule has 0 spiro atoms. The van der Waals surface area contributed by atoms with Gasteiger partial charge < -0.3 is 10.1 Å². The van der Waals surface area contributed by atoms with Crippen molar-refractivity contribution >= 4 is 28.8 Å². The van der Waals surface area contributed by atoms with E-state index in [-0.39, 0.29) is 19.0 Å². The first kappa shape index (κ1) is 16.5. The van der Waals surface area contributed by atoms with E-state index < -0.39 is 0 Å². The van der Waals surface area contributed by atoms with E-state index in [0.717, 1.165) is 16.8 Å². The van der Waals surface area contributed by atoms with Crippen LogP contribution in [0.25, 0.3) is 5.57 Å². The molecule has 0 amide bonds. The zero-order valence-corrected chi connectivity index (χ0v) is 14.1. The van der Waals surface area contributed by atoms with Crippen molar-refractivity contribution in [2.75, 3.05) is 20.2 Å². The van der Waals surface area contributed by atoms with Crippen molar-refractivity contribution in [1.29, 1.82) is 0 Å². The Morgan fingerprint density at radius 2 is 2.22 bits per heavy atom. The lowest BCUT2D eigenvalue weighted by Gasteiger charge is -2.19. The van der Waals surface area contributed by atoms with Gasteiger partial charge >= 0.3 is 0 Å². The molecule has 1 aromatic heterocycles. The molecule has 3 rings (SSSR count). The Morgan fingerprint density at radius 3 is 2.96 bits per heavy atom. The van der Waals surface area contributed by atoms with Crippen LogP contribution in [0, 0.1) is 0 Å². The molecular formula is C16H16Cl2FN3O. The molecule has 0 bridgehead atoms. The van der Waals surface area contributed by atoms with Gasteiger partial charge in [0.15, 0.2) is 0 Å². The maximum absolute atomic E-state index is 14.3. The smallest absolute Gasteiger partial charge is 0.121 e. The quantitative estimate of drug-likeness (QED) is 0.909. The van der Waals surface area contributed by atoms with Gasteiger partial charge in [0.25, 0.3) is 0 Å². The summed E-state index contributed by atoms with van der Waals surface area (Å²) in [5, 5.41) is 8.34. The van der Waals surface area contributed by atoms with Crippen LogP contribution in [0.4, 0.5) is 4.39 Å². The molecule has 0 unspecified atom stereocenters. The summed E-state index contributed by atoms with van der Waals surface area (Å²) in [6, 6.07) is 5.32. The van der Waals surface area contributed by atoms with Gasteiger partial charge in [0, 0.05) is 27.7 Å². The molecule has 1 aliphatic heterocycles. The normalized spacial score (nSPS) is 16.3. The monoisotopic (exact) mass is 355 g/mol. The zero-order chi connectivity index (χ0) is 16.4. The number of rotatable bonds is 4. The van der Waals surface area contributed by atoms with Crippen molar-refractivity contribution < 1.29 is 9.13 Å². The minimum Gasteiger partial charge on any atom is -0.372 e. The Bertz CT molecular complexity index is 758. The molecule has 0 fully saturated rings. The Hall–Kier alpha value is -1.40. The molecule has 0 radical (unpaired) electrons. The first-order chi connectivity index (χ1) is 11.1. The number of nitrogens with zero attached hydrogens (tertiary/aromatic N) is 2. The summed E-state index contributed by atoms with van der Waals surface area (Å²) < 4.78 is 21.6. The average Bonchev–Trinajstić information content (AvgIpc) is 2.93. The maximum Gasteiger partial charge on any atom is 0.121 e. The summed E-state index contributed by atoms with van der Waals surface area (Å²) in [5.41, 5.74) is 3.06. The number of hydrogen-bond acceptors (Lipinski definition) is 3. The molecule has 1 aliphatic rings. The summed E-state index contributed by atoms with van der Waals surface area (Å²) in [5.74, 6) is -0.239. The highest BCUT2D eigenvalue weighted by Crippen LogP contribution is 2.30. The third kappa shape index (κ3) is 3.43. The molecule has 0 saturated carbocycles. The van der Waals surface area contributed by atoms with Crippen LogP contribution in [-0.4, -0.2) is 30.0 Å². The number of fused-ring (bicyclic) bond motifs is 1. The second-order valence-electron chi connectivity index (χ2n) is 5.32. The number of benzene rings is 1. The molecule has 4 nitrogen and oxygen atoms in total. The topological polar surface area (TPSA) is 39.1 Å². The van der Waals surface area contributed by atoms with Crippen molar-refractivity contribution in [2.45, 2.75) is 13.2 Å². The van der Waals surface area contributed by atoms with Gasteiger partial charge in [0.05, 0.1) is 31.6 Å². The molecule has 0 atom stereocenters. The minimum atomic E-state index is -0.239. The second-order valence-corrected chi connectivity index (χ2v) is 6.16. The van der Waals surface area contributed by atoms with Crippen molar-refractivity contribution in [1.82, 2.24) is 15.1 Å². The number of aromatic nitrogens is 2. The number of nitrogens with one attached hydrogen (secondary N) is 1. The minimum absolute atomic E-state index is 0.158. The van der Waals surface area contributed by atoms with Crippen LogP contribution >= 0.6 is 23.2 Å². The maximum atomic E-state index is 14.3. The Kier molecular flexibility index (Phi) is 5.02. The first-order valence-electron chi connectivity index (χ1n) is 7.19. The summed E-state index contributed by atoms with van der Waals surface area (Å²) in [6.45, 7) is 1.27. The highest BCUT2D eigenvalue weighted by Gasteiger charge is 2.24. The van der Waals surface area contributed by atoms with Gasteiger partial charge in [-0.1, -0.05) is 29.3 Å². The summed E-state index contributed by atoms with van der Waals surface area (Å²) in [6.07, 6.45) is 1.71. The van der Waals surface area contributed by atoms with Gasteiger partial charge in [-0.2, -0.15) is 5.10 Å². The van der Waals surface area contributed by atoms with Crippen molar-refractivity contribution in [3.8, 4) is 0 Å². The molecule has 7 heteroatoms. The van der Waals surface area contributed by atoms with Gasteiger partial charge in [-0.15, -0.1) is 0 Å². The van der Waals surface area contributed by atoms with E-state index in [1.807, 2.05) is 6.07 Å². The molecule has 0 aliphatic carbocycles. The van der Waals surface area contributed by atoms with E-state index in [4.69, 9.17) is 27.9 Å². The Labute approximate surface area is 143 Å². The van der Waals surface area contributed by atoms with Gasteiger partial charge in [0.2, 0.25) is 0 Å². The SMILES string of the molecule is CNC/C(F)=C1\COCc2cnn(Cc3ccc(Cl)cc3Cl)c21. The van der Waals surface area contributed by atoms with E-state index in [1.54, 1.807) is 30.1 Å². The van der Waals surface area contributed by atoms with Gasteiger partial charge in [-0.25, -0.2) is 4.39 Å². The predicted molar refractivity (Wildman–Crippen MR) is 89.4 cm³/mol. The fourth-order valence-corrected chi connectivity index (χ4v) is 3.08. The van der Waals surface area contributed by atoms with Crippen molar-refractivity contribution in [3.63, 3.8) is 0 Å². The van der Waals surface area contributed by atoms with Gasteiger partial charge in [-0.3, -0.25) is 4.68 Å². The van der Waals surface area contributed by atoms with Crippen molar-refractivity contribution in [2.24, 2.45) is 0 Å². The molecular weight excluding hydrogens is 340 g/mol. The van der Waals surface area contributed by atoms with Crippen LogP contribution in [0.15, 0.2) is 30.2 Å². The lowest BCUT2D eigenvalue weighted by Crippen LogP contribution is -2.18. The van der Waals surface area contributed by atoms with Crippen LogP contribution in [0.5, 0.6) is 0 Å². The zero-order valence-electron chi connectivity index (χ0n) is 12.6. The molecule has 1 aromatic carbocycles. The highest BCUT2D eigenvalue weighted by atomic mass is 35.5. The first-order valence-corrected chi connectivity index (χ1v) is 7.94. The summed E-state index contributed by atoms with van der Waals surface area (Å²) >= 11 is 12.2. The van der Waals surface area contributed by atoms with Crippen LogP contribution < -0.4 is 5.32 Å². The van der Waals surface area contributed by atoms with Crippen LogP contribution in [0.2, 0.25) is 10.0 Å². The molecule has 0 saturated heterocycles. The molecule has 122 valence electrons. The average molecular weight is 356 g/mol. The Morgan fingerprint density at radius 1 is 1.39 bits per heavy atom. The van der Waals surface area contributed by atoms with E-state index in [1.165, 1.54) is 0 Å². The van der Waals surface area contributed by atoms with Gasteiger partial charge in [-0.05, 0) is 24.7 Å². The standard InChI is InChI=1S/C16H16Cl2FN3O/c1-20-6-15(19)13-9-23-8-11-5-21-22(16(11)13)7-10-2-3-12(17)4-14(10)18/h2-5,20H,6-9H2,1H3/b15-13-. The molecule has 23 heavy (non-hydrogen) atoms. The highest BCUT2D eigenvalue weighted by molar-refractivity contribution is 6.35. The second kappa shape index (κ2) is 7.01. The van der Waals surface area contributed by atoms with Crippen LogP contribution in [0.3, 0.4) is 0 Å². The van der Waals surface area contributed by atoms with Crippen molar-refractivity contribution in [3.05, 3.63) is 57.1 Å². The number of halogens is 3. The lowest BCUT2D eigenvalue weighted by molar-refractivity contribution is 0.144. The van der Waals surface area contributed by atoms with E-state index in [9.17, 15) is 4.39 Å². The lowest BCUT2D eigenvalue weighted by atomic mass is 10.1. The summed E-state index contributed by atoms with van der Waals surface area (Å²) in [7, 11) is 1.70. The third-order valence-electron chi connectivity index (χ3n) is 3.70. The molecule has 1 N–H and O–H groups in total. The fraction of sp³-hybridized carbons (Fsp3) is 0.312. The Balaban J connectivity index is 1.99. The van der Waals surface area contributed by atoms with E-state index >= 15 is 0 Å². The predicted octanol–water partition coefficient (Wildman–Crippen LogP) is 3.67. The van der Waals surface area contributed by atoms with Gasteiger partial charge in [0.1, 0.15) is 5.83 Å². The third-order valence-corrected chi connectivity index (χ3v) is 4.29. The molecule has 2 heterocycles. The largest absolute Gasteiger partial charge is 0.372 e. The number of likely N-dealkylation sites (N-methyl/N-ethyl adjacent to an activating group) is 1. The fourth-order valence-electron chi connectivity index (χ4n) is 2.61.